The van der Waals surface area contributed by atoms with Crippen molar-refractivity contribution in [2.24, 2.45) is 12.0 Å². The third-order valence-corrected chi connectivity index (χ3v) is 4.38. The molecule has 0 radical (unpaired) electrons. The molecule has 0 fully saturated rings. The van der Waals surface area contributed by atoms with E-state index in [1.165, 1.54) is 0 Å². The van der Waals surface area contributed by atoms with E-state index >= 15 is 0 Å². The molecule has 0 saturated heterocycles. The summed E-state index contributed by atoms with van der Waals surface area (Å²) < 4.78 is 1.66. The van der Waals surface area contributed by atoms with Crippen molar-refractivity contribution in [1.82, 2.24) is 20.4 Å². The minimum atomic E-state index is -1.08. The van der Waals surface area contributed by atoms with Gasteiger partial charge in [-0.1, -0.05) is 19.1 Å². The Morgan fingerprint density at radius 1 is 1.30 bits per heavy atom. The fourth-order valence-electron chi connectivity index (χ4n) is 2.77. The molecule has 1 amide bonds. The molecule has 30 heavy (non-hydrogen) atoms. The number of hydrogen-bond acceptors (Lipinski definition) is 4. The zero-order valence-corrected chi connectivity index (χ0v) is 20.4. The van der Waals surface area contributed by atoms with Crippen LogP contribution in [-0.2, 0) is 24.0 Å². The van der Waals surface area contributed by atoms with E-state index in [4.69, 9.17) is 0 Å². The standard InChI is InChI=1S/C21H32N6O2.HI/c1-5-8-19(28)26-18-10-7-9-16(11-18)12-23-20(22-6-2)24-15-21(3,29)17-13-25-27(4)14-17;/h7,9-11,13-14,29H,5-6,8,12,15H2,1-4H3,(H,26,28)(H2,22,23,24);1H. The van der Waals surface area contributed by atoms with E-state index in [0.29, 0.717) is 25.5 Å². The van der Waals surface area contributed by atoms with E-state index in [1.807, 2.05) is 45.2 Å². The Kier molecular flexibility index (Phi) is 10.8. The normalized spacial score (nSPS) is 13.2. The van der Waals surface area contributed by atoms with Gasteiger partial charge in [0.25, 0.3) is 0 Å². The summed E-state index contributed by atoms with van der Waals surface area (Å²) in [5.41, 5.74) is 1.41. The highest BCUT2D eigenvalue weighted by Gasteiger charge is 2.24. The molecule has 0 aliphatic carbocycles. The van der Waals surface area contributed by atoms with Crippen molar-refractivity contribution in [2.75, 3.05) is 18.4 Å². The smallest absolute Gasteiger partial charge is 0.224 e. The van der Waals surface area contributed by atoms with Crippen LogP contribution >= 0.6 is 24.0 Å². The molecular formula is C21H33IN6O2. The molecule has 1 aromatic carbocycles. The molecule has 1 atom stereocenters. The second kappa shape index (κ2) is 12.5. The van der Waals surface area contributed by atoms with Gasteiger partial charge in [0.05, 0.1) is 19.3 Å². The third-order valence-electron chi connectivity index (χ3n) is 4.38. The van der Waals surface area contributed by atoms with Gasteiger partial charge in [-0.2, -0.15) is 5.10 Å². The van der Waals surface area contributed by atoms with E-state index in [9.17, 15) is 9.90 Å². The van der Waals surface area contributed by atoms with Gasteiger partial charge in [0.2, 0.25) is 5.91 Å². The van der Waals surface area contributed by atoms with Gasteiger partial charge in [0.1, 0.15) is 5.60 Å². The average Bonchev–Trinajstić information content (AvgIpc) is 3.12. The summed E-state index contributed by atoms with van der Waals surface area (Å²) in [7, 11) is 1.82. The van der Waals surface area contributed by atoms with Gasteiger partial charge in [-0.05, 0) is 38.0 Å². The Morgan fingerprint density at radius 3 is 2.70 bits per heavy atom. The topological polar surface area (TPSA) is 104 Å². The quantitative estimate of drug-likeness (QED) is 0.228. The Hall–Kier alpha value is -2.14. The first kappa shape index (κ1) is 25.9. The molecule has 0 bridgehead atoms. The molecule has 0 saturated carbocycles. The van der Waals surface area contributed by atoms with Crippen molar-refractivity contribution >= 4 is 41.5 Å². The van der Waals surface area contributed by atoms with Crippen LogP contribution in [0.25, 0.3) is 0 Å². The highest BCUT2D eigenvalue weighted by molar-refractivity contribution is 14.0. The highest BCUT2D eigenvalue weighted by Crippen LogP contribution is 2.18. The van der Waals surface area contributed by atoms with Crippen LogP contribution in [0.15, 0.2) is 41.7 Å². The van der Waals surface area contributed by atoms with Gasteiger partial charge >= 0.3 is 0 Å². The van der Waals surface area contributed by atoms with Crippen LogP contribution in [-0.4, -0.2) is 39.8 Å². The van der Waals surface area contributed by atoms with Crippen molar-refractivity contribution < 1.29 is 9.90 Å². The zero-order valence-electron chi connectivity index (χ0n) is 18.1. The number of guanidine groups is 1. The largest absolute Gasteiger partial charge is 0.383 e. The van der Waals surface area contributed by atoms with Gasteiger partial charge in [0.15, 0.2) is 5.96 Å². The van der Waals surface area contributed by atoms with Crippen molar-refractivity contribution in [3.8, 4) is 0 Å². The molecule has 1 heterocycles. The monoisotopic (exact) mass is 528 g/mol. The van der Waals surface area contributed by atoms with E-state index < -0.39 is 5.60 Å². The fraction of sp³-hybridized carbons (Fsp3) is 0.476. The summed E-state index contributed by atoms with van der Waals surface area (Å²) in [6.45, 7) is 7.14. The Bertz CT molecular complexity index is 834. The fourth-order valence-corrected chi connectivity index (χ4v) is 2.77. The van der Waals surface area contributed by atoms with Gasteiger partial charge in [-0.3, -0.25) is 9.48 Å². The number of halogens is 1. The molecule has 2 aromatic rings. The first-order valence-corrected chi connectivity index (χ1v) is 9.96. The molecule has 166 valence electrons. The molecule has 9 heteroatoms. The molecule has 2 rings (SSSR count). The number of nitrogens with zero attached hydrogens (tertiary/aromatic N) is 3. The molecule has 0 aliphatic heterocycles. The second-order valence-electron chi connectivity index (χ2n) is 7.22. The maximum atomic E-state index is 11.8. The molecular weight excluding hydrogens is 495 g/mol. The lowest BCUT2D eigenvalue weighted by molar-refractivity contribution is -0.116. The maximum absolute atomic E-state index is 11.8. The SMILES string of the molecule is CCCC(=O)Nc1cccc(CN=C(NCC)NCC(C)(O)c2cnn(C)c2)c1.I. The number of nitrogens with one attached hydrogen (secondary N) is 3. The molecule has 0 aliphatic rings. The number of amides is 1. The van der Waals surface area contributed by atoms with Crippen LogP contribution in [0.4, 0.5) is 5.69 Å². The number of carbonyl (C=O) groups is 1. The third kappa shape index (κ3) is 8.31. The van der Waals surface area contributed by atoms with Crippen molar-refractivity contribution in [3.63, 3.8) is 0 Å². The summed E-state index contributed by atoms with van der Waals surface area (Å²) in [6, 6.07) is 7.66. The molecule has 8 nitrogen and oxygen atoms in total. The van der Waals surface area contributed by atoms with Crippen molar-refractivity contribution in [1.29, 1.82) is 0 Å². The number of anilines is 1. The number of carbonyl (C=O) groups excluding carboxylic acids is 1. The van der Waals surface area contributed by atoms with Crippen LogP contribution in [0.3, 0.4) is 0 Å². The van der Waals surface area contributed by atoms with Crippen LogP contribution in [0.1, 0.15) is 44.7 Å². The number of aliphatic hydroxyl groups is 1. The average molecular weight is 528 g/mol. The van der Waals surface area contributed by atoms with E-state index in [0.717, 1.165) is 23.2 Å². The lowest BCUT2D eigenvalue weighted by atomic mass is 10.00. The van der Waals surface area contributed by atoms with Crippen molar-refractivity contribution in [3.05, 3.63) is 47.8 Å². The molecule has 1 aromatic heterocycles. The first-order valence-electron chi connectivity index (χ1n) is 9.96. The van der Waals surface area contributed by atoms with E-state index in [1.54, 1.807) is 24.0 Å². The Balaban J connectivity index is 0.00000450. The molecule has 0 spiro atoms. The van der Waals surface area contributed by atoms with E-state index in [-0.39, 0.29) is 36.4 Å². The van der Waals surface area contributed by atoms with Gasteiger partial charge < -0.3 is 21.1 Å². The minimum absolute atomic E-state index is 0. The highest BCUT2D eigenvalue weighted by atomic mass is 127. The number of aromatic nitrogens is 2. The Morgan fingerprint density at radius 2 is 2.07 bits per heavy atom. The van der Waals surface area contributed by atoms with Crippen LogP contribution in [0.5, 0.6) is 0 Å². The number of benzene rings is 1. The summed E-state index contributed by atoms with van der Waals surface area (Å²) in [4.78, 5) is 16.4. The predicted molar refractivity (Wildman–Crippen MR) is 131 cm³/mol. The second-order valence-corrected chi connectivity index (χ2v) is 7.22. The van der Waals surface area contributed by atoms with Crippen LogP contribution < -0.4 is 16.0 Å². The van der Waals surface area contributed by atoms with Crippen LogP contribution in [0.2, 0.25) is 0 Å². The number of hydrogen-bond donors (Lipinski definition) is 4. The summed E-state index contributed by atoms with van der Waals surface area (Å²) in [5.74, 6) is 0.623. The minimum Gasteiger partial charge on any atom is -0.383 e. The summed E-state index contributed by atoms with van der Waals surface area (Å²) in [5, 5.41) is 24.1. The molecule has 1 unspecified atom stereocenters. The van der Waals surface area contributed by atoms with Crippen molar-refractivity contribution in [2.45, 2.75) is 45.8 Å². The number of aryl methyl sites for hydroxylation is 1. The summed E-state index contributed by atoms with van der Waals surface area (Å²) >= 11 is 0. The lowest BCUT2D eigenvalue weighted by Gasteiger charge is -2.23. The lowest BCUT2D eigenvalue weighted by Crippen LogP contribution is -2.44. The van der Waals surface area contributed by atoms with Crippen LogP contribution in [0, 0.1) is 0 Å². The van der Waals surface area contributed by atoms with Gasteiger partial charge in [0, 0.05) is 37.5 Å². The maximum Gasteiger partial charge on any atom is 0.224 e. The number of aliphatic imine (C=N–C) groups is 1. The van der Waals surface area contributed by atoms with Gasteiger partial charge in [-0.15, -0.1) is 24.0 Å². The number of rotatable bonds is 9. The summed E-state index contributed by atoms with van der Waals surface area (Å²) in [6.07, 6.45) is 4.78. The first-order chi connectivity index (χ1) is 13.8. The van der Waals surface area contributed by atoms with Gasteiger partial charge in [-0.25, -0.2) is 4.99 Å². The Labute approximate surface area is 195 Å². The zero-order chi connectivity index (χ0) is 21.3. The van der Waals surface area contributed by atoms with E-state index in [2.05, 4.69) is 26.0 Å². The molecule has 4 N–H and O–H groups in total. The predicted octanol–water partition coefficient (Wildman–Crippen LogP) is 2.74.